The zero-order valence-corrected chi connectivity index (χ0v) is 14.3. The summed E-state index contributed by atoms with van der Waals surface area (Å²) >= 11 is 1.42. The Morgan fingerprint density at radius 2 is 1.79 bits per heavy atom. The van der Waals surface area contributed by atoms with E-state index in [-0.39, 0.29) is 5.91 Å². The zero-order valence-electron chi connectivity index (χ0n) is 13.5. The third kappa shape index (κ3) is 2.76. The Labute approximate surface area is 144 Å². The highest BCUT2D eigenvalue weighted by Crippen LogP contribution is 2.28. The van der Waals surface area contributed by atoms with Crippen molar-refractivity contribution >= 4 is 44.1 Å². The van der Waals surface area contributed by atoms with Crippen molar-refractivity contribution in [3.05, 3.63) is 70.6 Å². The van der Waals surface area contributed by atoms with Crippen LogP contribution >= 0.6 is 11.3 Å². The molecule has 0 radical (unpaired) electrons. The molecule has 0 fully saturated rings. The van der Waals surface area contributed by atoms with Gasteiger partial charge in [-0.15, -0.1) is 11.3 Å². The summed E-state index contributed by atoms with van der Waals surface area (Å²) in [5.74, 6) is -0.0937. The van der Waals surface area contributed by atoms with Crippen molar-refractivity contribution in [2.45, 2.75) is 13.8 Å². The minimum atomic E-state index is -0.0937. The van der Waals surface area contributed by atoms with Crippen LogP contribution in [-0.4, -0.2) is 10.9 Å². The number of fused-ring (bicyclic) bond motifs is 2. The average Bonchev–Trinajstić information content (AvgIpc) is 2.95. The Morgan fingerprint density at radius 1 is 0.958 bits per heavy atom. The standard InChI is InChI=1S/C20H16N2OS/c1-12-4-3-5-16(9-12)21-19(23)18-11-15-10-14-8-13(2)6-7-17(14)22-20(15)24-18/h3-11H,1-2H3,(H,21,23). The van der Waals surface area contributed by atoms with E-state index >= 15 is 0 Å². The van der Waals surface area contributed by atoms with Crippen LogP contribution in [0.1, 0.15) is 20.8 Å². The molecule has 0 aliphatic carbocycles. The molecule has 1 N–H and O–H groups in total. The van der Waals surface area contributed by atoms with Gasteiger partial charge in [-0.25, -0.2) is 4.98 Å². The van der Waals surface area contributed by atoms with Gasteiger partial charge in [-0.05, 0) is 55.8 Å². The van der Waals surface area contributed by atoms with Crippen molar-refractivity contribution in [1.82, 2.24) is 4.98 Å². The van der Waals surface area contributed by atoms with E-state index in [4.69, 9.17) is 0 Å². The maximum atomic E-state index is 12.5. The summed E-state index contributed by atoms with van der Waals surface area (Å²) in [6.07, 6.45) is 0. The highest BCUT2D eigenvalue weighted by molar-refractivity contribution is 7.20. The lowest BCUT2D eigenvalue weighted by Gasteiger charge is -2.03. The Kier molecular flexibility index (Phi) is 3.54. The van der Waals surface area contributed by atoms with E-state index in [1.807, 2.05) is 43.3 Å². The van der Waals surface area contributed by atoms with Crippen LogP contribution in [0.5, 0.6) is 0 Å². The van der Waals surface area contributed by atoms with Crippen LogP contribution in [0, 0.1) is 13.8 Å². The molecular formula is C20H16N2OS. The smallest absolute Gasteiger partial charge is 0.265 e. The second-order valence-electron chi connectivity index (χ2n) is 6.01. The third-order valence-corrected chi connectivity index (χ3v) is 5.00. The van der Waals surface area contributed by atoms with Crippen LogP contribution < -0.4 is 5.32 Å². The number of carbonyl (C=O) groups is 1. The number of anilines is 1. The highest BCUT2D eigenvalue weighted by atomic mass is 32.1. The number of hydrogen-bond donors (Lipinski definition) is 1. The van der Waals surface area contributed by atoms with Gasteiger partial charge < -0.3 is 5.32 Å². The predicted octanol–water partition coefficient (Wildman–Crippen LogP) is 5.32. The van der Waals surface area contributed by atoms with Gasteiger partial charge in [-0.2, -0.15) is 0 Å². The molecule has 4 aromatic rings. The topological polar surface area (TPSA) is 42.0 Å². The van der Waals surface area contributed by atoms with Gasteiger partial charge in [0.15, 0.2) is 0 Å². The van der Waals surface area contributed by atoms with Crippen LogP contribution in [0.25, 0.3) is 21.1 Å². The summed E-state index contributed by atoms with van der Waals surface area (Å²) in [4.78, 5) is 18.8. The van der Waals surface area contributed by atoms with Crippen molar-refractivity contribution < 1.29 is 4.79 Å². The van der Waals surface area contributed by atoms with Crippen molar-refractivity contribution in [3.8, 4) is 0 Å². The second-order valence-corrected chi connectivity index (χ2v) is 7.04. The first-order chi connectivity index (χ1) is 11.6. The molecule has 24 heavy (non-hydrogen) atoms. The summed E-state index contributed by atoms with van der Waals surface area (Å²) < 4.78 is 0. The molecule has 2 aromatic heterocycles. The first-order valence-corrected chi connectivity index (χ1v) is 8.59. The molecule has 0 aliphatic rings. The summed E-state index contributed by atoms with van der Waals surface area (Å²) in [6, 6.07) is 18.0. The molecule has 118 valence electrons. The van der Waals surface area contributed by atoms with E-state index in [2.05, 4.69) is 35.4 Å². The summed E-state index contributed by atoms with van der Waals surface area (Å²) in [7, 11) is 0. The lowest BCUT2D eigenvalue weighted by Crippen LogP contribution is -2.09. The van der Waals surface area contributed by atoms with Gasteiger partial charge in [0.25, 0.3) is 5.91 Å². The van der Waals surface area contributed by atoms with Gasteiger partial charge in [0.2, 0.25) is 0 Å². The predicted molar refractivity (Wildman–Crippen MR) is 101 cm³/mol. The van der Waals surface area contributed by atoms with E-state index in [0.29, 0.717) is 4.88 Å². The van der Waals surface area contributed by atoms with Crippen molar-refractivity contribution in [3.63, 3.8) is 0 Å². The van der Waals surface area contributed by atoms with Gasteiger partial charge >= 0.3 is 0 Å². The number of thiophene rings is 1. The van der Waals surface area contributed by atoms with Crippen LogP contribution in [-0.2, 0) is 0 Å². The van der Waals surface area contributed by atoms with E-state index in [1.165, 1.54) is 16.9 Å². The molecule has 4 heteroatoms. The number of nitrogens with one attached hydrogen (secondary N) is 1. The van der Waals surface area contributed by atoms with Crippen molar-refractivity contribution in [2.24, 2.45) is 0 Å². The summed E-state index contributed by atoms with van der Waals surface area (Å²) in [5.41, 5.74) is 4.09. The van der Waals surface area contributed by atoms with Gasteiger partial charge in [-0.1, -0.05) is 23.8 Å². The molecule has 0 aliphatic heterocycles. The molecule has 0 saturated heterocycles. The monoisotopic (exact) mass is 332 g/mol. The molecule has 2 aromatic carbocycles. The van der Waals surface area contributed by atoms with Crippen LogP contribution in [0.3, 0.4) is 0 Å². The Balaban J connectivity index is 1.71. The number of amides is 1. The van der Waals surface area contributed by atoms with E-state index in [9.17, 15) is 4.79 Å². The number of carbonyl (C=O) groups excluding carboxylic acids is 1. The number of aryl methyl sites for hydroxylation is 2. The number of pyridine rings is 1. The molecule has 0 atom stereocenters. The maximum Gasteiger partial charge on any atom is 0.265 e. The normalized spacial score (nSPS) is 11.1. The highest BCUT2D eigenvalue weighted by Gasteiger charge is 2.12. The molecule has 0 spiro atoms. The minimum Gasteiger partial charge on any atom is -0.321 e. The van der Waals surface area contributed by atoms with Gasteiger partial charge in [0.05, 0.1) is 10.4 Å². The fraction of sp³-hybridized carbons (Fsp3) is 0.100. The number of rotatable bonds is 2. The van der Waals surface area contributed by atoms with E-state index in [0.717, 1.165) is 32.4 Å². The summed E-state index contributed by atoms with van der Waals surface area (Å²) in [6.45, 7) is 4.07. The van der Waals surface area contributed by atoms with Crippen molar-refractivity contribution in [2.75, 3.05) is 5.32 Å². The Morgan fingerprint density at radius 3 is 2.62 bits per heavy atom. The number of hydrogen-bond acceptors (Lipinski definition) is 3. The number of benzene rings is 2. The fourth-order valence-corrected chi connectivity index (χ4v) is 3.70. The minimum absolute atomic E-state index is 0.0937. The largest absolute Gasteiger partial charge is 0.321 e. The molecule has 0 bridgehead atoms. The van der Waals surface area contributed by atoms with Crippen LogP contribution in [0.4, 0.5) is 5.69 Å². The van der Waals surface area contributed by atoms with Crippen LogP contribution in [0.2, 0.25) is 0 Å². The zero-order chi connectivity index (χ0) is 16.7. The van der Waals surface area contributed by atoms with Gasteiger partial charge in [0.1, 0.15) is 4.83 Å². The molecular weight excluding hydrogens is 316 g/mol. The third-order valence-electron chi connectivity index (χ3n) is 3.96. The molecule has 3 nitrogen and oxygen atoms in total. The fourth-order valence-electron chi connectivity index (χ4n) is 2.78. The van der Waals surface area contributed by atoms with E-state index < -0.39 is 0 Å². The first kappa shape index (κ1) is 14.8. The molecule has 1 amide bonds. The number of aromatic nitrogens is 1. The van der Waals surface area contributed by atoms with Crippen LogP contribution in [0.15, 0.2) is 54.6 Å². The summed E-state index contributed by atoms with van der Waals surface area (Å²) in [5, 5.41) is 5.06. The van der Waals surface area contributed by atoms with E-state index in [1.54, 1.807) is 0 Å². The molecule has 0 saturated carbocycles. The number of nitrogens with zero attached hydrogens (tertiary/aromatic N) is 1. The Bertz CT molecular complexity index is 1080. The van der Waals surface area contributed by atoms with Gasteiger partial charge in [-0.3, -0.25) is 4.79 Å². The SMILES string of the molecule is Cc1cccc(NC(=O)c2cc3cc4cc(C)ccc4nc3s2)c1. The first-order valence-electron chi connectivity index (χ1n) is 7.77. The molecule has 2 heterocycles. The maximum absolute atomic E-state index is 12.5. The average molecular weight is 332 g/mol. The molecule has 4 rings (SSSR count). The Hall–Kier alpha value is -2.72. The van der Waals surface area contributed by atoms with Crippen molar-refractivity contribution in [1.29, 1.82) is 0 Å². The lowest BCUT2D eigenvalue weighted by molar-refractivity contribution is 0.103. The lowest BCUT2D eigenvalue weighted by atomic mass is 10.1. The molecule has 0 unspecified atom stereocenters. The second kappa shape index (κ2) is 5.73. The van der Waals surface area contributed by atoms with Gasteiger partial charge in [0, 0.05) is 16.5 Å². The quantitative estimate of drug-likeness (QED) is 0.540.